The summed E-state index contributed by atoms with van der Waals surface area (Å²) < 4.78 is 0. The molecular weight excluding hydrogens is 216 g/mol. The smallest absolute Gasteiger partial charge is 0.220 e. The van der Waals surface area contributed by atoms with Gasteiger partial charge in [0.25, 0.3) is 0 Å². The summed E-state index contributed by atoms with van der Waals surface area (Å²) in [6.45, 7) is 6.78. The molecule has 0 aromatic rings. The number of hydrogen-bond donors (Lipinski definition) is 3. The highest BCUT2D eigenvalue weighted by atomic mass is 16.3. The molecule has 0 aliphatic carbocycles. The molecule has 0 saturated heterocycles. The van der Waals surface area contributed by atoms with Crippen LogP contribution in [0.1, 0.15) is 52.9 Å². The van der Waals surface area contributed by atoms with Gasteiger partial charge in [-0.15, -0.1) is 0 Å². The summed E-state index contributed by atoms with van der Waals surface area (Å²) in [4.78, 5) is 11.7. The lowest BCUT2D eigenvalue weighted by Gasteiger charge is -2.25. The molecule has 1 unspecified atom stereocenters. The molecule has 0 aromatic heterocycles. The van der Waals surface area contributed by atoms with Crippen LogP contribution in [-0.2, 0) is 4.79 Å². The van der Waals surface area contributed by atoms with Gasteiger partial charge in [-0.3, -0.25) is 4.79 Å². The highest BCUT2D eigenvalue weighted by Gasteiger charge is 2.19. The number of rotatable bonds is 9. The number of aliphatic hydroxyl groups excluding tert-OH is 1. The van der Waals surface area contributed by atoms with Crippen LogP contribution in [0.2, 0.25) is 0 Å². The fraction of sp³-hybridized carbons (Fsp3) is 0.923. The van der Waals surface area contributed by atoms with Gasteiger partial charge < -0.3 is 16.2 Å². The Bertz CT molecular complexity index is 217. The molecule has 4 nitrogen and oxygen atoms in total. The standard InChI is InChI=1S/C13H28N2O2/c1-4-11(7-9-14)5-6-12(17)15-13(2,3)8-10-16/h11,16H,4-10,14H2,1-3H3,(H,15,17). The average Bonchev–Trinajstić information content (AvgIpc) is 2.23. The quantitative estimate of drug-likeness (QED) is 0.574. The van der Waals surface area contributed by atoms with E-state index in [4.69, 9.17) is 10.8 Å². The minimum absolute atomic E-state index is 0.0684. The number of aliphatic hydroxyl groups is 1. The Kier molecular flexibility index (Phi) is 8.17. The lowest BCUT2D eigenvalue weighted by atomic mass is 9.95. The van der Waals surface area contributed by atoms with Gasteiger partial charge in [0.1, 0.15) is 0 Å². The number of nitrogens with two attached hydrogens (primary N) is 1. The minimum Gasteiger partial charge on any atom is -0.396 e. The second-order valence-corrected chi connectivity index (χ2v) is 5.30. The fourth-order valence-electron chi connectivity index (χ4n) is 1.91. The second kappa shape index (κ2) is 8.48. The number of hydrogen-bond acceptors (Lipinski definition) is 3. The zero-order chi connectivity index (χ0) is 13.3. The maximum Gasteiger partial charge on any atom is 0.220 e. The first kappa shape index (κ1) is 16.4. The highest BCUT2D eigenvalue weighted by molar-refractivity contribution is 5.76. The first-order valence-electron chi connectivity index (χ1n) is 6.57. The first-order valence-corrected chi connectivity index (χ1v) is 6.57. The van der Waals surface area contributed by atoms with Crippen molar-refractivity contribution in [3.8, 4) is 0 Å². The first-order chi connectivity index (χ1) is 7.95. The molecule has 4 N–H and O–H groups in total. The van der Waals surface area contributed by atoms with E-state index in [2.05, 4.69) is 12.2 Å². The fourth-order valence-corrected chi connectivity index (χ4v) is 1.91. The van der Waals surface area contributed by atoms with Gasteiger partial charge in [-0.25, -0.2) is 0 Å². The van der Waals surface area contributed by atoms with Crippen molar-refractivity contribution < 1.29 is 9.90 Å². The van der Waals surface area contributed by atoms with E-state index >= 15 is 0 Å². The van der Waals surface area contributed by atoms with Crippen molar-refractivity contribution in [2.45, 2.75) is 58.4 Å². The summed E-state index contributed by atoms with van der Waals surface area (Å²) in [5, 5.41) is 11.8. The molecule has 0 aliphatic rings. The molecule has 0 fully saturated rings. The Hall–Kier alpha value is -0.610. The number of amides is 1. The zero-order valence-corrected chi connectivity index (χ0v) is 11.5. The predicted octanol–water partition coefficient (Wildman–Crippen LogP) is 1.42. The Morgan fingerprint density at radius 1 is 1.41 bits per heavy atom. The molecule has 1 atom stereocenters. The van der Waals surface area contributed by atoms with Crippen molar-refractivity contribution in [2.24, 2.45) is 11.7 Å². The molecule has 17 heavy (non-hydrogen) atoms. The second-order valence-electron chi connectivity index (χ2n) is 5.30. The zero-order valence-electron chi connectivity index (χ0n) is 11.5. The molecule has 4 heteroatoms. The Labute approximate surface area is 105 Å². The van der Waals surface area contributed by atoms with E-state index in [1.807, 2.05) is 13.8 Å². The van der Waals surface area contributed by atoms with Crippen molar-refractivity contribution >= 4 is 5.91 Å². The third-order valence-corrected chi connectivity index (χ3v) is 3.15. The predicted molar refractivity (Wildman–Crippen MR) is 70.6 cm³/mol. The van der Waals surface area contributed by atoms with Crippen LogP contribution in [0.25, 0.3) is 0 Å². The van der Waals surface area contributed by atoms with Crippen LogP contribution in [0.3, 0.4) is 0 Å². The molecule has 1 amide bonds. The summed E-state index contributed by atoms with van der Waals surface area (Å²) in [5.74, 6) is 0.616. The number of nitrogens with one attached hydrogen (secondary N) is 1. The van der Waals surface area contributed by atoms with E-state index in [-0.39, 0.29) is 18.1 Å². The molecule has 0 aromatic carbocycles. The van der Waals surface area contributed by atoms with Crippen molar-refractivity contribution in [1.29, 1.82) is 0 Å². The number of carbonyl (C=O) groups is 1. The van der Waals surface area contributed by atoms with Crippen molar-refractivity contribution in [2.75, 3.05) is 13.2 Å². The van der Waals surface area contributed by atoms with E-state index in [0.29, 0.717) is 25.3 Å². The molecule has 0 aliphatic heterocycles. The topological polar surface area (TPSA) is 75.4 Å². The normalized spacial score (nSPS) is 13.5. The molecular formula is C13H28N2O2. The van der Waals surface area contributed by atoms with E-state index in [1.54, 1.807) is 0 Å². The summed E-state index contributed by atoms with van der Waals surface area (Å²) >= 11 is 0. The minimum atomic E-state index is -0.318. The van der Waals surface area contributed by atoms with Crippen LogP contribution >= 0.6 is 0 Å². The van der Waals surface area contributed by atoms with Crippen LogP contribution in [-0.4, -0.2) is 29.7 Å². The summed E-state index contributed by atoms with van der Waals surface area (Å²) in [7, 11) is 0. The summed E-state index contributed by atoms with van der Waals surface area (Å²) in [6, 6.07) is 0. The van der Waals surface area contributed by atoms with Gasteiger partial charge in [-0.1, -0.05) is 13.3 Å². The van der Waals surface area contributed by atoms with E-state index < -0.39 is 0 Å². The molecule has 0 heterocycles. The maximum absolute atomic E-state index is 11.7. The van der Waals surface area contributed by atoms with Crippen LogP contribution in [0.5, 0.6) is 0 Å². The summed E-state index contributed by atoms with van der Waals surface area (Å²) in [6.07, 6.45) is 4.09. The molecule has 0 spiro atoms. The van der Waals surface area contributed by atoms with Crippen molar-refractivity contribution in [1.82, 2.24) is 5.32 Å². The van der Waals surface area contributed by atoms with Gasteiger partial charge in [0.15, 0.2) is 0 Å². The molecule has 0 rings (SSSR count). The Morgan fingerprint density at radius 2 is 2.06 bits per heavy atom. The van der Waals surface area contributed by atoms with Crippen LogP contribution in [0, 0.1) is 5.92 Å². The molecule has 0 saturated carbocycles. The summed E-state index contributed by atoms with van der Waals surface area (Å²) in [5.41, 5.74) is 5.21. The van der Waals surface area contributed by atoms with Gasteiger partial charge >= 0.3 is 0 Å². The highest BCUT2D eigenvalue weighted by Crippen LogP contribution is 2.15. The van der Waals surface area contributed by atoms with E-state index in [1.165, 1.54) is 0 Å². The SMILES string of the molecule is CCC(CCN)CCC(=O)NC(C)(C)CCO. The number of carbonyl (C=O) groups excluding carboxylic acids is 1. The monoisotopic (exact) mass is 244 g/mol. The third-order valence-electron chi connectivity index (χ3n) is 3.15. The lowest BCUT2D eigenvalue weighted by molar-refractivity contribution is -0.123. The maximum atomic E-state index is 11.7. The lowest BCUT2D eigenvalue weighted by Crippen LogP contribution is -2.44. The van der Waals surface area contributed by atoms with Gasteiger partial charge in [0, 0.05) is 18.6 Å². The van der Waals surface area contributed by atoms with Crippen LogP contribution in [0.4, 0.5) is 0 Å². The van der Waals surface area contributed by atoms with Crippen LogP contribution < -0.4 is 11.1 Å². The third kappa shape index (κ3) is 8.16. The largest absolute Gasteiger partial charge is 0.396 e. The van der Waals surface area contributed by atoms with E-state index in [0.717, 1.165) is 19.3 Å². The molecule has 0 radical (unpaired) electrons. The molecule has 102 valence electrons. The van der Waals surface area contributed by atoms with Gasteiger partial charge in [-0.05, 0) is 45.6 Å². The van der Waals surface area contributed by atoms with Crippen LogP contribution in [0.15, 0.2) is 0 Å². The van der Waals surface area contributed by atoms with Crippen molar-refractivity contribution in [3.63, 3.8) is 0 Å². The van der Waals surface area contributed by atoms with E-state index in [9.17, 15) is 4.79 Å². The van der Waals surface area contributed by atoms with Gasteiger partial charge in [0.2, 0.25) is 5.91 Å². The van der Waals surface area contributed by atoms with Gasteiger partial charge in [-0.2, -0.15) is 0 Å². The molecule has 0 bridgehead atoms. The average molecular weight is 244 g/mol. The Morgan fingerprint density at radius 3 is 2.53 bits per heavy atom. The van der Waals surface area contributed by atoms with Crippen molar-refractivity contribution in [3.05, 3.63) is 0 Å². The Balaban J connectivity index is 3.93. The van der Waals surface area contributed by atoms with Gasteiger partial charge in [0.05, 0.1) is 0 Å².